The molecule has 0 atom stereocenters. The summed E-state index contributed by atoms with van der Waals surface area (Å²) in [4.78, 5) is 12.8. The van der Waals surface area contributed by atoms with Gasteiger partial charge in [0.25, 0.3) is 0 Å². The minimum absolute atomic E-state index is 0.0322. The molecule has 0 aliphatic rings. The van der Waals surface area contributed by atoms with Gasteiger partial charge in [0.1, 0.15) is 5.58 Å². The summed E-state index contributed by atoms with van der Waals surface area (Å²) in [5.41, 5.74) is 2.20. The van der Waals surface area contributed by atoms with Crippen molar-refractivity contribution in [2.24, 2.45) is 0 Å². The third kappa shape index (κ3) is 2.52. The van der Waals surface area contributed by atoms with Crippen LogP contribution in [0, 0.1) is 10.9 Å². The average Bonchev–Trinajstić information content (AvgIpc) is 2.44. The van der Waals surface area contributed by atoms with Gasteiger partial charge in [0.2, 0.25) is 5.43 Å². The van der Waals surface area contributed by atoms with E-state index in [1.54, 1.807) is 0 Å². The Bertz CT molecular complexity index is 854. The minimum Gasteiger partial charge on any atom is -0.449 e. The SMILES string of the molecule is O=c1c(-c2ccccc2)c(I)oc2ccc(I)c(I)c12. The molecule has 0 saturated heterocycles. The quantitative estimate of drug-likeness (QED) is 0.357. The van der Waals surface area contributed by atoms with E-state index >= 15 is 0 Å². The number of hydrogen-bond donors (Lipinski definition) is 0. The highest BCUT2D eigenvalue weighted by atomic mass is 127. The molecule has 0 aliphatic carbocycles. The van der Waals surface area contributed by atoms with Gasteiger partial charge in [-0.2, -0.15) is 0 Å². The van der Waals surface area contributed by atoms with Crippen molar-refractivity contribution in [3.05, 3.63) is 63.6 Å². The minimum atomic E-state index is 0.0322. The zero-order valence-corrected chi connectivity index (χ0v) is 16.5. The summed E-state index contributed by atoms with van der Waals surface area (Å²) in [7, 11) is 0. The summed E-state index contributed by atoms with van der Waals surface area (Å²) in [6.07, 6.45) is 0. The number of benzene rings is 2. The second kappa shape index (κ2) is 5.91. The van der Waals surface area contributed by atoms with Crippen molar-refractivity contribution in [3.63, 3.8) is 0 Å². The van der Waals surface area contributed by atoms with E-state index in [2.05, 4.69) is 67.8 Å². The fraction of sp³-hybridized carbons (Fsp3) is 0. The van der Waals surface area contributed by atoms with Crippen LogP contribution < -0.4 is 5.43 Å². The first-order valence-electron chi connectivity index (χ1n) is 5.75. The molecule has 5 heteroatoms. The zero-order chi connectivity index (χ0) is 14.3. The number of fused-ring (bicyclic) bond motifs is 1. The first-order valence-corrected chi connectivity index (χ1v) is 8.99. The predicted molar refractivity (Wildman–Crippen MR) is 106 cm³/mol. The van der Waals surface area contributed by atoms with Gasteiger partial charge in [0.05, 0.1) is 10.9 Å². The largest absolute Gasteiger partial charge is 0.449 e. The molecular formula is C15H7I3O2. The lowest BCUT2D eigenvalue weighted by molar-refractivity contribution is 0.572. The third-order valence-electron chi connectivity index (χ3n) is 2.97. The van der Waals surface area contributed by atoms with Crippen LogP contribution in [0.5, 0.6) is 0 Å². The Morgan fingerprint density at radius 3 is 2.30 bits per heavy atom. The van der Waals surface area contributed by atoms with Gasteiger partial charge in [-0.3, -0.25) is 4.79 Å². The lowest BCUT2D eigenvalue weighted by Gasteiger charge is -2.07. The Hall–Kier alpha value is -0.160. The van der Waals surface area contributed by atoms with Crippen molar-refractivity contribution < 1.29 is 4.42 Å². The van der Waals surface area contributed by atoms with Crippen LogP contribution in [0.2, 0.25) is 0 Å². The summed E-state index contributed by atoms with van der Waals surface area (Å²) in [6, 6.07) is 13.5. The molecule has 0 aliphatic heterocycles. The fourth-order valence-corrected chi connectivity index (χ4v) is 3.97. The normalized spacial score (nSPS) is 10.9. The molecule has 0 fully saturated rings. The lowest BCUT2D eigenvalue weighted by atomic mass is 10.1. The van der Waals surface area contributed by atoms with Crippen molar-refractivity contribution in [1.82, 2.24) is 0 Å². The molecule has 1 aromatic heterocycles. The van der Waals surface area contributed by atoms with Crippen molar-refractivity contribution in [3.8, 4) is 11.1 Å². The van der Waals surface area contributed by atoms with E-state index in [1.165, 1.54) is 0 Å². The standard InChI is InChI=1S/C15H7I3O2/c16-9-6-7-10-12(13(9)17)14(19)11(15(18)20-10)8-4-2-1-3-5-8/h1-7H. The maximum Gasteiger partial charge on any atom is 0.202 e. The van der Waals surface area contributed by atoms with Crippen molar-refractivity contribution >= 4 is 78.7 Å². The van der Waals surface area contributed by atoms with E-state index in [9.17, 15) is 4.79 Å². The summed E-state index contributed by atoms with van der Waals surface area (Å²) in [5, 5.41) is 0.664. The summed E-state index contributed by atoms with van der Waals surface area (Å²) < 4.78 is 8.48. The van der Waals surface area contributed by atoms with Gasteiger partial charge in [0, 0.05) is 29.7 Å². The molecule has 20 heavy (non-hydrogen) atoms. The maximum absolute atomic E-state index is 12.8. The van der Waals surface area contributed by atoms with Crippen molar-refractivity contribution in [2.45, 2.75) is 0 Å². The highest BCUT2D eigenvalue weighted by molar-refractivity contribution is 14.1. The van der Waals surface area contributed by atoms with Crippen LogP contribution in [0.25, 0.3) is 22.1 Å². The Morgan fingerprint density at radius 1 is 0.900 bits per heavy atom. The van der Waals surface area contributed by atoms with Gasteiger partial charge in [-0.05, 0) is 62.9 Å². The van der Waals surface area contributed by atoms with Gasteiger partial charge in [0.15, 0.2) is 3.77 Å². The molecule has 2 nitrogen and oxygen atoms in total. The smallest absolute Gasteiger partial charge is 0.202 e. The van der Waals surface area contributed by atoms with Gasteiger partial charge in [-0.15, -0.1) is 0 Å². The zero-order valence-electron chi connectivity index (χ0n) is 9.99. The first-order chi connectivity index (χ1) is 9.59. The maximum atomic E-state index is 12.8. The van der Waals surface area contributed by atoms with E-state index in [-0.39, 0.29) is 5.43 Å². The molecule has 0 N–H and O–H groups in total. The molecule has 0 saturated carbocycles. The fourth-order valence-electron chi connectivity index (χ4n) is 2.04. The van der Waals surface area contributed by atoms with Crippen LogP contribution in [0.3, 0.4) is 0 Å². The Balaban J connectivity index is 2.46. The van der Waals surface area contributed by atoms with Crippen LogP contribution in [0.15, 0.2) is 51.7 Å². The Labute approximate surface area is 156 Å². The number of rotatable bonds is 1. The van der Waals surface area contributed by atoms with Crippen LogP contribution in [0.4, 0.5) is 0 Å². The van der Waals surface area contributed by atoms with E-state index in [0.717, 1.165) is 12.7 Å². The molecule has 0 unspecified atom stereocenters. The third-order valence-corrected chi connectivity index (χ3v) is 6.78. The molecular weight excluding hydrogens is 593 g/mol. The van der Waals surface area contributed by atoms with Crippen LogP contribution in [-0.2, 0) is 0 Å². The van der Waals surface area contributed by atoms with E-state index in [1.807, 2.05) is 42.5 Å². The highest BCUT2D eigenvalue weighted by Crippen LogP contribution is 2.29. The second-order valence-electron chi connectivity index (χ2n) is 4.18. The first kappa shape index (κ1) is 14.8. The van der Waals surface area contributed by atoms with Crippen LogP contribution >= 0.6 is 67.8 Å². The molecule has 0 bridgehead atoms. The molecule has 2 aromatic carbocycles. The highest BCUT2D eigenvalue weighted by Gasteiger charge is 2.17. The Kier molecular flexibility index (Phi) is 4.37. The summed E-state index contributed by atoms with van der Waals surface area (Å²) in [5.74, 6) is 0. The summed E-state index contributed by atoms with van der Waals surface area (Å²) >= 11 is 6.53. The second-order valence-corrected chi connectivity index (χ2v) is 7.40. The van der Waals surface area contributed by atoms with Gasteiger partial charge in [-0.1, -0.05) is 30.3 Å². The molecule has 0 spiro atoms. The van der Waals surface area contributed by atoms with Crippen molar-refractivity contribution in [1.29, 1.82) is 0 Å². The van der Waals surface area contributed by atoms with Crippen molar-refractivity contribution in [2.75, 3.05) is 0 Å². The molecule has 0 amide bonds. The van der Waals surface area contributed by atoms with Gasteiger partial charge >= 0.3 is 0 Å². The molecule has 0 radical (unpaired) electrons. The van der Waals surface area contributed by atoms with Gasteiger partial charge in [-0.25, -0.2) is 0 Å². The summed E-state index contributed by atoms with van der Waals surface area (Å²) in [6.45, 7) is 0. The van der Waals surface area contributed by atoms with E-state index < -0.39 is 0 Å². The number of hydrogen-bond acceptors (Lipinski definition) is 2. The molecule has 3 aromatic rings. The number of halogens is 3. The molecule has 3 rings (SSSR count). The monoisotopic (exact) mass is 600 g/mol. The van der Waals surface area contributed by atoms with E-state index in [4.69, 9.17) is 4.42 Å². The lowest BCUT2D eigenvalue weighted by Crippen LogP contribution is -2.09. The van der Waals surface area contributed by atoms with Crippen LogP contribution in [0.1, 0.15) is 0 Å². The average molecular weight is 600 g/mol. The predicted octanol–water partition coefficient (Wildman–Crippen LogP) is 5.27. The van der Waals surface area contributed by atoms with E-state index in [0.29, 0.717) is 20.3 Å². The topological polar surface area (TPSA) is 30.2 Å². The molecule has 1 heterocycles. The Morgan fingerprint density at radius 2 is 1.60 bits per heavy atom. The molecule has 100 valence electrons. The van der Waals surface area contributed by atoms with Crippen LogP contribution in [-0.4, -0.2) is 0 Å². The van der Waals surface area contributed by atoms with Gasteiger partial charge < -0.3 is 4.42 Å².